The molecule has 3 aromatic rings. The zero-order valence-electron chi connectivity index (χ0n) is 20.4. The SMILES string of the molecule is CC1CCCN(CCc2ccc(C(=O)Nc3cccc(OC(=O)N(C)c4ccccc4)c3)cc2)C1. The van der Waals surface area contributed by atoms with Crippen LogP contribution in [0, 0.1) is 5.92 Å². The molecule has 1 aliphatic rings. The van der Waals surface area contributed by atoms with Crippen LogP contribution in [0.25, 0.3) is 0 Å². The second kappa shape index (κ2) is 11.7. The maximum Gasteiger partial charge on any atom is 0.419 e. The first kappa shape index (κ1) is 24.5. The third-order valence-corrected chi connectivity index (χ3v) is 6.39. The highest BCUT2D eigenvalue weighted by molar-refractivity contribution is 6.04. The molecule has 6 heteroatoms. The molecule has 1 N–H and O–H groups in total. The molecule has 182 valence electrons. The first-order chi connectivity index (χ1) is 17.0. The van der Waals surface area contributed by atoms with E-state index >= 15 is 0 Å². The zero-order valence-corrected chi connectivity index (χ0v) is 20.4. The van der Waals surface area contributed by atoms with Gasteiger partial charge in [-0.1, -0.05) is 43.3 Å². The number of carbonyl (C=O) groups is 2. The molecular formula is C29H33N3O3. The Hall–Kier alpha value is -3.64. The fourth-order valence-electron chi connectivity index (χ4n) is 4.37. The molecule has 1 atom stereocenters. The summed E-state index contributed by atoms with van der Waals surface area (Å²) in [4.78, 5) is 29.2. The molecule has 1 unspecified atom stereocenters. The predicted octanol–water partition coefficient (Wildman–Crippen LogP) is 5.85. The van der Waals surface area contributed by atoms with Gasteiger partial charge in [0.15, 0.2) is 0 Å². The van der Waals surface area contributed by atoms with Crippen molar-refractivity contribution in [2.45, 2.75) is 26.2 Å². The molecule has 0 aliphatic carbocycles. The van der Waals surface area contributed by atoms with Crippen molar-refractivity contribution in [1.82, 2.24) is 4.90 Å². The number of piperidine rings is 1. The molecule has 0 saturated carbocycles. The van der Waals surface area contributed by atoms with E-state index in [2.05, 4.69) is 17.1 Å². The van der Waals surface area contributed by atoms with Crippen molar-refractivity contribution >= 4 is 23.4 Å². The Morgan fingerprint density at radius 3 is 2.54 bits per heavy atom. The van der Waals surface area contributed by atoms with Crippen molar-refractivity contribution in [1.29, 1.82) is 0 Å². The average Bonchev–Trinajstić information content (AvgIpc) is 2.88. The van der Waals surface area contributed by atoms with Crippen LogP contribution in [0.1, 0.15) is 35.7 Å². The number of nitrogens with one attached hydrogen (secondary N) is 1. The van der Waals surface area contributed by atoms with Gasteiger partial charge in [-0.3, -0.25) is 9.69 Å². The molecular weight excluding hydrogens is 438 g/mol. The number of rotatable bonds is 7. The Morgan fingerprint density at radius 2 is 1.80 bits per heavy atom. The molecule has 3 aromatic carbocycles. The van der Waals surface area contributed by atoms with Crippen LogP contribution in [-0.2, 0) is 6.42 Å². The number of ether oxygens (including phenoxy) is 1. The number of likely N-dealkylation sites (tertiary alicyclic amines) is 1. The third kappa shape index (κ3) is 6.93. The molecule has 0 spiro atoms. The number of para-hydroxylation sites is 1. The number of anilines is 2. The Bertz CT molecular complexity index is 1130. The minimum Gasteiger partial charge on any atom is -0.410 e. The molecule has 35 heavy (non-hydrogen) atoms. The molecule has 0 aromatic heterocycles. The first-order valence-corrected chi connectivity index (χ1v) is 12.2. The minimum absolute atomic E-state index is 0.203. The smallest absolute Gasteiger partial charge is 0.410 e. The Labute approximate surface area is 207 Å². The number of hydrogen-bond donors (Lipinski definition) is 1. The quantitative estimate of drug-likeness (QED) is 0.470. The second-order valence-electron chi connectivity index (χ2n) is 9.24. The highest BCUT2D eigenvalue weighted by Gasteiger charge is 2.16. The van der Waals surface area contributed by atoms with E-state index < -0.39 is 6.09 Å². The first-order valence-electron chi connectivity index (χ1n) is 12.2. The maximum atomic E-state index is 12.8. The van der Waals surface area contributed by atoms with Crippen molar-refractivity contribution < 1.29 is 14.3 Å². The standard InChI is InChI=1S/C29H33N3O3/c1-22-8-7-18-32(21-22)19-17-23-13-15-24(16-14-23)28(33)30-25-9-6-12-27(20-25)35-29(34)31(2)26-10-4-3-5-11-26/h3-6,9-16,20,22H,7-8,17-19,21H2,1-2H3,(H,30,33). The summed E-state index contributed by atoms with van der Waals surface area (Å²) in [6, 6.07) is 23.9. The summed E-state index contributed by atoms with van der Waals surface area (Å²) < 4.78 is 5.49. The lowest BCUT2D eigenvalue weighted by Gasteiger charge is -2.30. The molecule has 1 saturated heterocycles. The van der Waals surface area contributed by atoms with Crippen LogP contribution < -0.4 is 15.0 Å². The molecule has 0 radical (unpaired) electrons. The van der Waals surface area contributed by atoms with E-state index in [9.17, 15) is 9.59 Å². The highest BCUT2D eigenvalue weighted by Crippen LogP contribution is 2.21. The number of amides is 2. The van der Waals surface area contributed by atoms with E-state index in [0.717, 1.165) is 24.6 Å². The fraction of sp³-hybridized carbons (Fsp3) is 0.310. The van der Waals surface area contributed by atoms with Gasteiger partial charge in [0.05, 0.1) is 0 Å². The summed E-state index contributed by atoms with van der Waals surface area (Å²) in [5.41, 5.74) is 3.12. The lowest BCUT2D eigenvalue weighted by molar-refractivity contribution is 0.102. The van der Waals surface area contributed by atoms with E-state index in [-0.39, 0.29) is 5.91 Å². The largest absolute Gasteiger partial charge is 0.419 e. The maximum absolute atomic E-state index is 12.8. The third-order valence-electron chi connectivity index (χ3n) is 6.39. The van der Waals surface area contributed by atoms with E-state index in [1.807, 2.05) is 54.6 Å². The Balaban J connectivity index is 1.31. The van der Waals surface area contributed by atoms with Crippen LogP contribution in [0.3, 0.4) is 0 Å². The van der Waals surface area contributed by atoms with E-state index in [4.69, 9.17) is 4.74 Å². The summed E-state index contributed by atoms with van der Waals surface area (Å²) in [6.45, 7) is 5.74. The monoisotopic (exact) mass is 471 g/mol. The molecule has 2 amide bonds. The summed E-state index contributed by atoms with van der Waals surface area (Å²) in [5.74, 6) is 0.936. The summed E-state index contributed by atoms with van der Waals surface area (Å²) in [6.07, 6.45) is 3.09. The number of nitrogens with zero attached hydrogens (tertiary/aromatic N) is 2. The van der Waals surface area contributed by atoms with Crippen LogP contribution in [-0.4, -0.2) is 43.6 Å². The van der Waals surface area contributed by atoms with Crippen LogP contribution in [0.15, 0.2) is 78.9 Å². The molecule has 1 aliphatic heterocycles. The van der Waals surface area contributed by atoms with Gasteiger partial charge in [0, 0.05) is 43.1 Å². The summed E-state index contributed by atoms with van der Waals surface area (Å²) >= 11 is 0. The van der Waals surface area contributed by atoms with Crippen molar-refractivity contribution in [3.05, 3.63) is 90.0 Å². The molecule has 4 rings (SSSR count). The van der Waals surface area contributed by atoms with E-state index in [1.165, 1.54) is 36.4 Å². The highest BCUT2D eigenvalue weighted by atomic mass is 16.6. The van der Waals surface area contributed by atoms with Gasteiger partial charge in [0.1, 0.15) is 5.75 Å². The molecule has 0 bridgehead atoms. The predicted molar refractivity (Wildman–Crippen MR) is 140 cm³/mol. The lowest BCUT2D eigenvalue weighted by atomic mass is 9.99. The molecule has 1 fully saturated rings. The van der Waals surface area contributed by atoms with Gasteiger partial charge < -0.3 is 15.0 Å². The lowest BCUT2D eigenvalue weighted by Crippen LogP contribution is -2.35. The van der Waals surface area contributed by atoms with Crippen molar-refractivity contribution in [2.24, 2.45) is 5.92 Å². The van der Waals surface area contributed by atoms with Gasteiger partial charge in [0.2, 0.25) is 0 Å². The second-order valence-corrected chi connectivity index (χ2v) is 9.24. The van der Waals surface area contributed by atoms with Gasteiger partial charge >= 0.3 is 6.09 Å². The van der Waals surface area contributed by atoms with Crippen LogP contribution in [0.4, 0.5) is 16.2 Å². The summed E-state index contributed by atoms with van der Waals surface area (Å²) in [7, 11) is 1.65. The van der Waals surface area contributed by atoms with Crippen LogP contribution in [0.5, 0.6) is 5.75 Å². The van der Waals surface area contributed by atoms with Crippen molar-refractivity contribution in [2.75, 3.05) is 36.9 Å². The summed E-state index contributed by atoms with van der Waals surface area (Å²) in [5, 5.41) is 2.89. The number of hydrogen-bond acceptors (Lipinski definition) is 4. The zero-order chi connectivity index (χ0) is 24.6. The van der Waals surface area contributed by atoms with E-state index in [1.54, 1.807) is 31.3 Å². The van der Waals surface area contributed by atoms with Gasteiger partial charge in [-0.25, -0.2) is 4.79 Å². The van der Waals surface area contributed by atoms with Crippen molar-refractivity contribution in [3.63, 3.8) is 0 Å². The normalized spacial score (nSPS) is 15.9. The average molecular weight is 472 g/mol. The van der Waals surface area contributed by atoms with Crippen LogP contribution in [0.2, 0.25) is 0 Å². The fourth-order valence-corrected chi connectivity index (χ4v) is 4.37. The molecule has 1 heterocycles. The molecule has 6 nitrogen and oxygen atoms in total. The number of benzene rings is 3. The number of carbonyl (C=O) groups excluding carboxylic acids is 2. The van der Waals surface area contributed by atoms with Gasteiger partial charge in [-0.2, -0.15) is 0 Å². The van der Waals surface area contributed by atoms with E-state index in [0.29, 0.717) is 17.0 Å². The van der Waals surface area contributed by atoms with Gasteiger partial charge in [0.25, 0.3) is 5.91 Å². The Morgan fingerprint density at radius 1 is 1.03 bits per heavy atom. The van der Waals surface area contributed by atoms with Crippen LogP contribution >= 0.6 is 0 Å². The Kier molecular flexibility index (Phi) is 8.16. The minimum atomic E-state index is -0.505. The van der Waals surface area contributed by atoms with Crippen molar-refractivity contribution in [3.8, 4) is 5.75 Å². The topological polar surface area (TPSA) is 61.9 Å². The van der Waals surface area contributed by atoms with Gasteiger partial charge in [-0.15, -0.1) is 0 Å². The van der Waals surface area contributed by atoms with Gasteiger partial charge in [-0.05, 0) is 73.7 Å².